The molecule has 0 bridgehead atoms. The highest BCUT2D eigenvalue weighted by molar-refractivity contribution is 5.45. The van der Waals surface area contributed by atoms with Crippen LogP contribution in [0.5, 0.6) is 5.75 Å². The van der Waals surface area contributed by atoms with Gasteiger partial charge in [-0.1, -0.05) is 30.7 Å². The Hall–Kier alpha value is -1.45. The third kappa shape index (κ3) is 3.80. The molecule has 0 saturated carbocycles. The van der Waals surface area contributed by atoms with Crippen LogP contribution in [0.3, 0.4) is 0 Å². The Bertz CT molecular complexity index is 408. The summed E-state index contributed by atoms with van der Waals surface area (Å²) in [7, 11) is 0. The second kappa shape index (κ2) is 5.25. The Labute approximate surface area is 98.9 Å². The lowest BCUT2D eigenvalue weighted by Crippen LogP contribution is -2.19. The third-order valence-electron chi connectivity index (χ3n) is 2.35. The Morgan fingerprint density at radius 1 is 1.29 bits per heavy atom. The van der Waals surface area contributed by atoms with E-state index in [1.54, 1.807) is 25.1 Å². The van der Waals surface area contributed by atoms with Gasteiger partial charge in [0.25, 0.3) is 0 Å². The first-order chi connectivity index (χ1) is 7.87. The summed E-state index contributed by atoms with van der Waals surface area (Å²) in [5.74, 6) is -0.0782. The number of rotatable bonds is 4. The Kier molecular flexibility index (Phi) is 4.21. The Balaban J connectivity index is 3.25. The van der Waals surface area contributed by atoms with Crippen LogP contribution in [0.4, 0.5) is 13.2 Å². The summed E-state index contributed by atoms with van der Waals surface area (Å²) in [5, 5.41) is 0. The fraction of sp³-hybridized carbons (Fsp3) is 0.385. The van der Waals surface area contributed by atoms with Gasteiger partial charge in [0.1, 0.15) is 5.75 Å². The monoisotopic (exact) mass is 244 g/mol. The normalized spacial score (nSPS) is 11.4. The molecule has 1 rings (SSSR count). The van der Waals surface area contributed by atoms with Gasteiger partial charge in [0, 0.05) is 0 Å². The Morgan fingerprint density at radius 3 is 2.35 bits per heavy atom. The van der Waals surface area contributed by atoms with Crippen molar-refractivity contribution in [3.05, 3.63) is 41.5 Å². The number of hydrogen-bond donors (Lipinski definition) is 0. The summed E-state index contributed by atoms with van der Waals surface area (Å²) in [6.07, 6.45) is -2.23. The third-order valence-corrected chi connectivity index (χ3v) is 2.35. The van der Waals surface area contributed by atoms with Crippen LogP contribution in [0.1, 0.15) is 23.6 Å². The van der Waals surface area contributed by atoms with E-state index >= 15 is 0 Å². The first kappa shape index (κ1) is 13.6. The molecule has 1 aromatic rings. The number of allylic oxidation sites excluding steroid dienone is 1. The first-order valence-electron chi connectivity index (χ1n) is 5.36. The van der Waals surface area contributed by atoms with Crippen molar-refractivity contribution in [2.45, 2.75) is 33.1 Å². The van der Waals surface area contributed by atoms with Crippen LogP contribution in [0.2, 0.25) is 0 Å². The van der Waals surface area contributed by atoms with Crippen LogP contribution in [0.25, 0.3) is 0 Å². The summed E-state index contributed by atoms with van der Waals surface area (Å²) in [5.41, 5.74) is 2.02. The van der Waals surface area contributed by atoms with E-state index in [1.807, 2.05) is 6.92 Å². The lowest BCUT2D eigenvalue weighted by molar-refractivity contribution is -0.275. The van der Waals surface area contributed by atoms with Gasteiger partial charge in [-0.05, 0) is 30.9 Å². The predicted octanol–water partition coefficient (Wildman–Crippen LogP) is 4.18. The molecule has 0 atom stereocenters. The second-order valence-electron chi connectivity index (χ2n) is 3.81. The first-order valence-corrected chi connectivity index (χ1v) is 5.36. The molecule has 0 saturated heterocycles. The molecular formula is C13H15F3O. The van der Waals surface area contributed by atoms with Crippen molar-refractivity contribution in [1.29, 1.82) is 0 Å². The van der Waals surface area contributed by atoms with E-state index in [9.17, 15) is 13.2 Å². The van der Waals surface area contributed by atoms with E-state index in [-0.39, 0.29) is 5.75 Å². The maximum absolute atomic E-state index is 12.3. The molecule has 0 aliphatic rings. The van der Waals surface area contributed by atoms with E-state index in [0.717, 1.165) is 5.56 Å². The molecule has 0 fully saturated rings. The van der Waals surface area contributed by atoms with Gasteiger partial charge in [-0.3, -0.25) is 0 Å². The number of hydrogen-bond acceptors (Lipinski definition) is 1. The highest BCUT2D eigenvalue weighted by Crippen LogP contribution is 2.32. The van der Waals surface area contributed by atoms with Crippen LogP contribution in [0.15, 0.2) is 24.8 Å². The van der Waals surface area contributed by atoms with Gasteiger partial charge >= 0.3 is 6.36 Å². The quantitative estimate of drug-likeness (QED) is 0.722. The van der Waals surface area contributed by atoms with Crippen molar-refractivity contribution in [3.63, 3.8) is 0 Å². The maximum Gasteiger partial charge on any atom is 0.573 e. The summed E-state index contributed by atoms with van der Waals surface area (Å²) in [4.78, 5) is 0. The molecule has 0 aromatic heterocycles. The van der Waals surface area contributed by atoms with Crippen molar-refractivity contribution in [2.24, 2.45) is 0 Å². The number of halogens is 3. The average Bonchev–Trinajstić information content (AvgIpc) is 2.20. The number of alkyl halides is 3. The SMILES string of the molecule is C=CCc1cc(C)cc(CC)c1OC(F)(F)F. The number of ether oxygens (including phenoxy) is 1. The van der Waals surface area contributed by atoms with Crippen LogP contribution in [-0.4, -0.2) is 6.36 Å². The number of benzene rings is 1. The summed E-state index contributed by atoms with van der Waals surface area (Å²) in [6.45, 7) is 7.19. The van der Waals surface area contributed by atoms with Crippen molar-refractivity contribution in [3.8, 4) is 5.75 Å². The summed E-state index contributed by atoms with van der Waals surface area (Å²) in [6, 6.07) is 3.41. The van der Waals surface area contributed by atoms with Crippen molar-refractivity contribution >= 4 is 0 Å². The molecule has 0 aliphatic carbocycles. The molecule has 0 N–H and O–H groups in total. The van der Waals surface area contributed by atoms with Gasteiger partial charge in [-0.25, -0.2) is 0 Å². The molecule has 17 heavy (non-hydrogen) atoms. The zero-order valence-corrected chi connectivity index (χ0v) is 9.90. The van der Waals surface area contributed by atoms with E-state index in [2.05, 4.69) is 11.3 Å². The highest BCUT2D eigenvalue weighted by Gasteiger charge is 2.33. The van der Waals surface area contributed by atoms with Gasteiger partial charge in [0.05, 0.1) is 0 Å². The molecule has 4 heteroatoms. The molecule has 0 amide bonds. The molecule has 1 nitrogen and oxygen atoms in total. The van der Waals surface area contributed by atoms with Gasteiger partial charge in [-0.2, -0.15) is 0 Å². The topological polar surface area (TPSA) is 9.23 Å². The molecule has 0 unspecified atom stereocenters. The molecular weight excluding hydrogens is 229 g/mol. The molecule has 1 aromatic carbocycles. The molecule has 0 aliphatic heterocycles. The minimum absolute atomic E-state index is 0.0782. The zero-order valence-electron chi connectivity index (χ0n) is 9.90. The van der Waals surface area contributed by atoms with Crippen LogP contribution >= 0.6 is 0 Å². The van der Waals surface area contributed by atoms with Crippen molar-refractivity contribution in [2.75, 3.05) is 0 Å². The van der Waals surface area contributed by atoms with Crippen LogP contribution < -0.4 is 4.74 Å². The van der Waals surface area contributed by atoms with E-state index in [0.29, 0.717) is 24.0 Å². The van der Waals surface area contributed by atoms with Crippen molar-refractivity contribution in [1.82, 2.24) is 0 Å². The maximum atomic E-state index is 12.3. The summed E-state index contributed by atoms with van der Waals surface area (Å²) >= 11 is 0. The predicted molar refractivity (Wildman–Crippen MR) is 61.1 cm³/mol. The fourth-order valence-electron chi connectivity index (χ4n) is 1.75. The lowest BCUT2D eigenvalue weighted by Gasteiger charge is -2.17. The molecule has 94 valence electrons. The Morgan fingerprint density at radius 2 is 1.88 bits per heavy atom. The second-order valence-corrected chi connectivity index (χ2v) is 3.81. The minimum Gasteiger partial charge on any atom is -0.405 e. The van der Waals surface area contributed by atoms with E-state index in [4.69, 9.17) is 0 Å². The van der Waals surface area contributed by atoms with E-state index < -0.39 is 6.36 Å². The average molecular weight is 244 g/mol. The zero-order chi connectivity index (χ0) is 13.1. The molecule has 0 radical (unpaired) electrons. The largest absolute Gasteiger partial charge is 0.573 e. The van der Waals surface area contributed by atoms with Gasteiger partial charge in [0.2, 0.25) is 0 Å². The summed E-state index contributed by atoms with van der Waals surface area (Å²) < 4.78 is 41.1. The van der Waals surface area contributed by atoms with Gasteiger partial charge in [0.15, 0.2) is 0 Å². The smallest absolute Gasteiger partial charge is 0.405 e. The van der Waals surface area contributed by atoms with Gasteiger partial charge < -0.3 is 4.74 Å². The van der Waals surface area contributed by atoms with Crippen LogP contribution in [0, 0.1) is 6.92 Å². The standard InChI is InChI=1S/C13H15F3O/c1-4-6-11-8-9(3)7-10(5-2)12(11)17-13(14,15)16/h4,7-8H,1,5-6H2,2-3H3. The van der Waals surface area contributed by atoms with E-state index in [1.165, 1.54) is 0 Å². The highest BCUT2D eigenvalue weighted by atomic mass is 19.4. The minimum atomic E-state index is -4.66. The van der Waals surface area contributed by atoms with Crippen LogP contribution in [-0.2, 0) is 12.8 Å². The molecule has 0 spiro atoms. The fourth-order valence-corrected chi connectivity index (χ4v) is 1.75. The van der Waals surface area contributed by atoms with Crippen molar-refractivity contribution < 1.29 is 17.9 Å². The number of aryl methyl sites for hydroxylation is 2. The van der Waals surface area contributed by atoms with Gasteiger partial charge in [-0.15, -0.1) is 19.8 Å². The molecule has 0 heterocycles. The lowest BCUT2D eigenvalue weighted by atomic mass is 10.0.